The summed E-state index contributed by atoms with van der Waals surface area (Å²) >= 11 is 1.62. The second-order valence-corrected chi connectivity index (χ2v) is 8.87. The third-order valence-corrected chi connectivity index (χ3v) is 7.08. The summed E-state index contributed by atoms with van der Waals surface area (Å²) in [6.07, 6.45) is 4.69. The molecule has 152 valence electrons. The Balaban J connectivity index is 1.40. The van der Waals surface area contributed by atoms with Crippen LogP contribution in [0.15, 0.2) is 18.5 Å². The molecule has 1 amide bonds. The van der Waals surface area contributed by atoms with Gasteiger partial charge >= 0.3 is 0 Å². The third-order valence-electron chi connectivity index (χ3n) is 5.86. The van der Waals surface area contributed by atoms with Crippen molar-refractivity contribution in [2.45, 2.75) is 50.9 Å². The minimum Gasteiger partial charge on any atom is -0.337 e. The van der Waals surface area contributed by atoms with Crippen LogP contribution in [0.5, 0.6) is 0 Å². The molecule has 2 aliphatic rings. The number of rotatable bonds is 3. The number of hydrogen-bond acceptors (Lipinski definition) is 5. The zero-order valence-electron chi connectivity index (χ0n) is 15.9. The first-order valence-corrected chi connectivity index (χ1v) is 10.8. The Kier molecular flexibility index (Phi) is 4.77. The zero-order valence-corrected chi connectivity index (χ0v) is 16.7. The molecule has 9 heteroatoms. The van der Waals surface area contributed by atoms with E-state index in [1.54, 1.807) is 11.3 Å². The summed E-state index contributed by atoms with van der Waals surface area (Å²) in [6, 6.07) is 3.47. The highest BCUT2D eigenvalue weighted by Gasteiger charge is 2.29. The fourth-order valence-corrected chi connectivity index (χ4v) is 5.60. The van der Waals surface area contributed by atoms with Crippen LogP contribution in [0.3, 0.4) is 0 Å². The molecule has 1 unspecified atom stereocenters. The largest absolute Gasteiger partial charge is 0.337 e. The van der Waals surface area contributed by atoms with Crippen molar-refractivity contribution >= 4 is 23.0 Å². The van der Waals surface area contributed by atoms with Crippen LogP contribution in [0, 0.1) is 0 Å². The van der Waals surface area contributed by atoms with Crippen LogP contribution < -0.4 is 0 Å². The summed E-state index contributed by atoms with van der Waals surface area (Å²) in [6.45, 7) is 1.17. The SMILES string of the molecule is O=C(c1cc2c(s1)CCCC2)N1CCCC(c2cc(C(F)F)n3ncnc3n2)C1. The molecule has 1 fully saturated rings. The number of piperidine rings is 1. The highest BCUT2D eigenvalue weighted by molar-refractivity contribution is 7.14. The first kappa shape index (κ1) is 18.6. The quantitative estimate of drug-likeness (QED) is 0.646. The molecular formula is C20H21F2N5OS. The van der Waals surface area contributed by atoms with E-state index in [-0.39, 0.29) is 23.3 Å². The Labute approximate surface area is 170 Å². The van der Waals surface area contributed by atoms with Gasteiger partial charge in [0.25, 0.3) is 18.1 Å². The number of likely N-dealkylation sites (tertiary alicyclic amines) is 1. The summed E-state index contributed by atoms with van der Waals surface area (Å²) in [7, 11) is 0. The fraction of sp³-hybridized carbons (Fsp3) is 0.500. The van der Waals surface area contributed by atoms with Crippen LogP contribution in [-0.4, -0.2) is 43.5 Å². The Bertz CT molecular complexity index is 1040. The van der Waals surface area contributed by atoms with Gasteiger partial charge in [-0.1, -0.05) is 0 Å². The van der Waals surface area contributed by atoms with E-state index in [9.17, 15) is 13.6 Å². The average Bonchev–Trinajstić information content (AvgIpc) is 3.39. The van der Waals surface area contributed by atoms with Gasteiger partial charge in [0.2, 0.25) is 0 Å². The van der Waals surface area contributed by atoms with Gasteiger partial charge < -0.3 is 4.90 Å². The summed E-state index contributed by atoms with van der Waals surface area (Å²) < 4.78 is 28.0. The van der Waals surface area contributed by atoms with E-state index in [1.165, 1.54) is 35.7 Å². The number of thiophene rings is 1. The van der Waals surface area contributed by atoms with Crippen LogP contribution in [0.1, 0.15) is 69.5 Å². The second kappa shape index (κ2) is 7.44. The molecule has 0 bridgehead atoms. The van der Waals surface area contributed by atoms with E-state index in [1.807, 2.05) is 4.90 Å². The van der Waals surface area contributed by atoms with Crippen molar-refractivity contribution in [3.8, 4) is 0 Å². The van der Waals surface area contributed by atoms with Gasteiger partial charge in [0.05, 0.1) is 10.6 Å². The van der Waals surface area contributed by atoms with E-state index in [0.717, 1.165) is 35.1 Å². The minimum atomic E-state index is -2.67. The lowest BCUT2D eigenvalue weighted by Crippen LogP contribution is -2.39. The van der Waals surface area contributed by atoms with Crippen molar-refractivity contribution in [3.05, 3.63) is 45.2 Å². The molecule has 0 spiro atoms. The van der Waals surface area contributed by atoms with E-state index in [4.69, 9.17) is 0 Å². The van der Waals surface area contributed by atoms with Gasteiger partial charge in [-0.3, -0.25) is 4.79 Å². The maximum atomic E-state index is 13.5. The first-order valence-electron chi connectivity index (χ1n) is 9.99. The zero-order chi connectivity index (χ0) is 20.0. The molecule has 5 rings (SSSR count). The number of halogens is 2. The number of carbonyl (C=O) groups is 1. The maximum absolute atomic E-state index is 13.5. The summed E-state index contributed by atoms with van der Waals surface area (Å²) in [5.41, 5.74) is 1.67. The van der Waals surface area contributed by atoms with Gasteiger partial charge in [0, 0.05) is 23.9 Å². The van der Waals surface area contributed by atoms with Crippen LogP contribution in [0.4, 0.5) is 8.78 Å². The van der Waals surface area contributed by atoms with Gasteiger partial charge in [-0.2, -0.15) is 14.6 Å². The molecule has 0 N–H and O–H groups in total. The summed E-state index contributed by atoms with van der Waals surface area (Å²) in [5, 5.41) is 3.84. The monoisotopic (exact) mass is 417 g/mol. The molecule has 6 nitrogen and oxygen atoms in total. The maximum Gasteiger partial charge on any atom is 0.280 e. The number of alkyl halides is 2. The van der Waals surface area contributed by atoms with Gasteiger partial charge in [0.1, 0.15) is 12.0 Å². The molecular weight excluding hydrogens is 396 g/mol. The Morgan fingerprint density at radius 1 is 1.21 bits per heavy atom. The first-order chi connectivity index (χ1) is 14.1. The van der Waals surface area contributed by atoms with Crippen molar-refractivity contribution in [2.24, 2.45) is 0 Å². The van der Waals surface area contributed by atoms with E-state index < -0.39 is 6.43 Å². The van der Waals surface area contributed by atoms with Crippen molar-refractivity contribution < 1.29 is 13.6 Å². The molecule has 4 heterocycles. The molecule has 1 atom stereocenters. The van der Waals surface area contributed by atoms with Crippen molar-refractivity contribution in [2.75, 3.05) is 13.1 Å². The minimum absolute atomic E-state index is 0.0479. The van der Waals surface area contributed by atoms with Crippen LogP contribution in [0.2, 0.25) is 0 Å². The predicted octanol–water partition coefficient (Wildman–Crippen LogP) is 4.02. The molecule has 29 heavy (non-hydrogen) atoms. The number of carbonyl (C=O) groups excluding carboxylic acids is 1. The van der Waals surface area contributed by atoms with Crippen molar-refractivity contribution in [1.82, 2.24) is 24.5 Å². The number of aromatic nitrogens is 4. The molecule has 0 saturated carbocycles. The molecule has 3 aromatic heterocycles. The van der Waals surface area contributed by atoms with Crippen LogP contribution in [-0.2, 0) is 12.8 Å². The number of amides is 1. The third kappa shape index (κ3) is 3.41. The smallest absolute Gasteiger partial charge is 0.280 e. The topological polar surface area (TPSA) is 63.4 Å². The van der Waals surface area contributed by atoms with Gasteiger partial charge in [0.15, 0.2) is 0 Å². The summed E-state index contributed by atoms with van der Waals surface area (Å²) in [4.78, 5) is 25.5. The lowest BCUT2D eigenvalue weighted by atomic mass is 9.94. The van der Waals surface area contributed by atoms with Crippen LogP contribution >= 0.6 is 11.3 Å². The van der Waals surface area contributed by atoms with Crippen molar-refractivity contribution in [3.63, 3.8) is 0 Å². The summed E-state index contributed by atoms with van der Waals surface area (Å²) in [5.74, 6) is 0.139. The highest BCUT2D eigenvalue weighted by atomic mass is 32.1. The lowest BCUT2D eigenvalue weighted by Gasteiger charge is -2.32. The Morgan fingerprint density at radius 2 is 2.07 bits per heavy atom. The van der Waals surface area contributed by atoms with Crippen LogP contribution in [0.25, 0.3) is 5.78 Å². The number of aryl methyl sites for hydroxylation is 2. The molecule has 0 radical (unpaired) electrons. The van der Waals surface area contributed by atoms with Gasteiger partial charge in [-0.25, -0.2) is 13.8 Å². The van der Waals surface area contributed by atoms with E-state index in [2.05, 4.69) is 21.1 Å². The molecule has 1 saturated heterocycles. The van der Waals surface area contributed by atoms with E-state index >= 15 is 0 Å². The van der Waals surface area contributed by atoms with E-state index in [0.29, 0.717) is 18.8 Å². The average molecular weight is 417 g/mol. The van der Waals surface area contributed by atoms with Crippen molar-refractivity contribution in [1.29, 1.82) is 0 Å². The standard InChI is InChI=1S/C20H21F2N5OS/c21-18(22)15-9-14(25-20-23-11-24-27(15)20)13-5-3-7-26(10-13)19(28)17-8-12-4-1-2-6-16(12)29-17/h8-9,11,13,18H,1-7,10H2. The second-order valence-electron chi connectivity index (χ2n) is 7.73. The lowest BCUT2D eigenvalue weighted by molar-refractivity contribution is 0.0710. The Hall–Kier alpha value is -2.42. The normalized spacial score (nSPS) is 19.7. The molecule has 0 aromatic carbocycles. The van der Waals surface area contributed by atoms with Gasteiger partial charge in [-0.05, 0) is 56.2 Å². The number of fused-ring (bicyclic) bond motifs is 2. The highest BCUT2D eigenvalue weighted by Crippen LogP contribution is 2.33. The molecule has 1 aliphatic heterocycles. The van der Waals surface area contributed by atoms with Gasteiger partial charge in [-0.15, -0.1) is 11.3 Å². The predicted molar refractivity (Wildman–Crippen MR) is 105 cm³/mol. The molecule has 1 aliphatic carbocycles. The number of nitrogens with zero attached hydrogens (tertiary/aromatic N) is 5. The number of hydrogen-bond donors (Lipinski definition) is 0. The fourth-order valence-electron chi connectivity index (χ4n) is 4.37. The Morgan fingerprint density at radius 3 is 2.90 bits per heavy atom. The molecule has 3 aromatic rings.